The third-order valence-corrected chi connectivity index (χ3v) is 4.89. The largest absolute Gasteiger partial charge is 0.339 e. The Morgan fingerprint density at radius 2 is 2.25 bits per heavy atom. The lowest BCUT2D eigenvalue weighted by molar-refractivity contribution is 0.328. The van der Waals surface area contributed by atoms with Crippen LogP contribution in [0.1, 0.15) is 42.8 Å². The predicted molar refractivity (Wildman–Crippen MR) is 63.8 cm³/mol. The molecule has 88 valence electrons. The van der Waals surface area contributed by atoms with Gasteiger partial charge in [0.2, 0.25) is 5.89 Å². The molecule has 0 amide bonds. The summed E-state index contributed by atoms with van der Waals surface area (Å²) in [4.78, 5) is 4.58. The first-order chi connectivity index (χ1) is 7.88. The number of rotatable bonds is 3. The van der Waals surface area contributed by atoms with Crippen molar-refractivity contribution in [3.05, 3.63) is 11.7 Å². The molecule has 1 aliphatic carbocycles. The van der Waals surface area contributed by atoms with Crippen molar-refractivity contribution in [2.45, 2.75) is 37.1 Å². The molecule has 1 aromatic heterocycles. The fourth-order valence-electron chi connectivity index (χ4n) is 2.31. The minimum Gasteiger partial charge on any atom is -0.339 e. The maximum atomic E-state index is 5.42. The molecular weight excluding hydrogens is 222 g/mol. The van der Waals surface area contributed by atoms with Crippen LogP contribution < -0.4 is 5.32 Å². The molecule has 0 radical (unpaired) electrons. The number of aromatic nitrogens is 2. The Morgan fingerprint density at radius 3 is 2.94 bits per heavy atom. The van der Waals surface area contributed by atoms with E-state index in [4.69, 9.17) is 4.52 Å². The topological polar surface area (TPSA) is 51.0 Å². The van der Waals surface area contributed by atoms with Crippen molar-refractivity contribution in [3.8, 4) is 0 Å². The summed E-state index contributed by atoms with van der Waals surface area (Å²) < 4.78 is 5.42. The van der Waals surface area contributed by atoms with E-state index in [0.29, 0.717) is 17.9 Å². The van der Waals surface area contributed by atoms with Crippen LogP contribution in [-0.2, 0) is 0 Å². The van der Waals surface area contributed by atoms with Crippen molar-refractivity contribution in [2.24, 2.45) is 0 Å². The average Bonchev–Trinajstić information content (AvgIpc) is 2.81. The maximum absolute atomic E-state index is 5.42. The third kappa shape index (κ3) is 1.76. The van der Waals surface area contributed by atoms with Gasteiger partial charge in [-0.2, -0.15) is 16.7 Å². The Balaban J connectivity index is 1.75. The first-order valence-electron chi connectivity index (χ1n) is 5.97. The number of hydrogen-bond donors (Lipinski definition) is 1. The standard InChI is InChI=1S/C11H17N3OS/c1-12-9-6-16-5-8(9)11-13-10(14-15-11)7-3-2-4-7/h7-9,12H,2-6H2,1H3. The summed E-state index contributed by atoms with van der Waals surface area (Å²) in [5.74, 6) is 4.98. The summed E-state index contributed by atoms with van der Waals surface area (Å²) in [5.41, 5.74) is 0. The highest BCUT2D eigenvalue weighted by molar-refractivity contribution is 7.99. The van der Waals surface area contributed by atoms with E-state index in [0.717, 1.165) is 23.2 Å². The molecule has 5 heteroatoms. The average molecular weight is 239 g/mol. The van der Waals surface area contributed by atoms with Crippen LogP contribution in [-0.4, -0.2) is 34.7 Å². The third-order valence-electron chi connectivity index (χ3n) is 3.70. The van der Waals surface area contributed by atoms with E-state index >= 15 is 0 Å². The summed E-state index contributed by atoms with van der Waals surface area (Å²) in [5, 5.41) is 7.46. The highest BCUT2D eigenvalue weighted by Crippen LogP contribution is 2.37. The lowest BCUT2D eigenvalue weighted by atomic mass is 9.85. The molecular formula is C11H17N3OS. The lowest BCUT2D eigenvalue weighted by Crippen LogP contribution is -2.31. The molecule has 2 aliphatic rings. The Morgan fingerprint density at radius 1 is 1.38 bits per heavy atom. The molecule has 2 heterocycles. The number of nitrogens with one attached hydrogen (secondary N) is 1. The highest BCUT2D eigenvalue weighted by atomic mass is 32.2. The second-order valence-corrected chi connectivity index (χ2v) is 5.73. The Bertz CT molecular complexity index is 364. The highest BCUT2D eigenvalue weighted by Gasteiger charge is 2.33. The fraction of sp³-hybridized carbons (Fsp3) is 0.818. The normalized spacial score (nSPS) is 30.6. The summed E-state index contributed by atoms with van der Waals surface area (Å²) in [7, 11) is 2.01. The minimum atomic E-state index is 0.399. The first kappa shape index (κ1) is 10.6. The van der Waals surface area contributed by atoms with Crippen LogP contribution in [0.25, 0.3) is 0 Å². The first-order valence-corrected chi connectivity index (χ1v) is 7.12. The van der Waals surface area contributed by atoms with Crippen LogP contribution in [0.5, 0.6) is 0 Å². The second kappa shape index (κ2) is 4.37. The predicted octanol–water partition coefficient (Wildman–Crippen LogP) is 1.76. The van der Waals surface area contributed by atoms with E-state index < -0.39 is 0 Å². The van der Waals surface area contributed by atoms with Gasteiger partial charge in [-0.05, 0) is 19.9 Å². The summed E-state index contributed by atoms with van der Waals surface area (Å²) in [6, 6.07) is 0.486. The zero-order valence-electron chi connectivity index (χ0n) is 9.48. The molecule has 2 atom stereocenters. The number of thioether (sulfide) groups is 1. The molecule has 1 saturated carbocycles. The van der Waals surface area contributed by atoms with Gasteiger partial charge in [0.1, 0.15) is 0 Å². The zero-order valence-corrected chi connectivity index (χ0v) is 10.3. The zero-order chi connectivity index (χ0) is 11.0. The lowest BCUT2D eigenvalue weighted by Gasteiger charge is -2.21. The van der Waals surface area contributed by atoms with E-state index in [1.54, 1.807) is 0 Å². The molecule has 2 unspecified atom stereocenters. The van der Waals surface area contributed by atoms with Gasteiger partial charge in [-0.25, -0.2) is 0 Å². The SMILES string of the molecule is CNC1CSCC1c1nc(C2CCC2)no1. The van der Waals surface area contributed by atoms with Crippen molar-refractivity contribution in [1.29, 1.82) is 0 Å². The number of hydrogen-bond acceptors (Lipinski definition) is 5. The second-order valence-electron chi connectivity index (χ2n) is 4.66. The van der Waals surface area contributed by atoms with Crippen LogP contribution in [0.3, 0.4) is 0 Å². The molecule has 2 fully saturated rings. The van der Waals surface area contributed by atoms with Gasteiger partial charge < -0.3 is 9.84 Å². The monoisotopic (exact) mass is 239 g/mol. The molecule has 4 nitrogen and oxygen atoms in total. The molecule has 16 heavy (non-hydrogen) atoms. The van der Waals surface area contributed by atoms with Gasteiger partial charge in [0.05, 0.1) is 5.92 Å². The Labute approximate surface area is 99.6 Å². The van der Waals surface area contributed by atoms with Crippen LogP contribution in [0.2, 0.25) is 0 Å². The molecule has 1 aromatic rings. The number of nitrogens with zero attached hydrogens (tertiary/aromatic N) is 2. The molecule has 0 bridgehead atoms. The summed E-state index contributed by atoms with van der Waals surface area (Å²) >= 11 is 1.96. The van der Waals surface area contributed by atoms with Gasteiger partial charge >= 0.3 is 0 Å². The molecule has 0 spiro atoms. The number of likely N-dealkylation sites (N-methyl/N-ethyl adjacent to an activating group) is 1. The Hall–Kier alpha value is -0.550. The van der Waals surface area contributed by atoms with Gasteiger partial charge in [-0.3, -0.25) is 0 Å². The quantitative estimate of drug-likeness (QED) is 0.871. The van der Waals surface area contributed by atoms with Crippen molar-refractivity contribution < 1.29 is 4.52 Å². The van der Waals surface area contributed by atoms with Gasteiger partial charge in [0, 0.05) is 23.5 Å². The van der Waals surface area contributed by atoms with Crippen LogP contribution >= 0.6 is 11.8 Å². The minimum absolute atomic E-state index is 0.399. The van der Waals surface area contributed by atoms with E-state index in [-0.39, 0.29) is 0 Å². The molecule has 0 aromatic carbocycles. The Kier molecular flexibility index (Phi) is 2.90. The fourth-order valence-corrected chi connectivity index (χ4v) is 3.73. The van der Waals surface area contributed by atoms with Crippen LogP contribution in [0.15, 0.2) is 4.52 Å². The van der Waals surface area contributed by atoms with Crippen LogP contribution in [0, 0.1) is 0 Å². The van der Waals surface area contributed by atoms with Gasteiger partial charge in [0.25, 0.3) is 0 Å². The molecule has 3 rings (SSSR count). The van der Waals surface area contributed by atoms with E-state index in [1.165, 1.54) is 19.3 Å². The molecule has 1 saturated heterocycles. The van der Waals surface area contributed by atoms with Crippen molar-refractivity contribution >= 4 is 11.8 Å². The van der Waals surface area contributed by atoms with Crippen LogP contribution in [0.4, 0.5) is 0 Å². The molecule has 1 N–H and O–H groups in total. The van der Waals surface area contributed by atoms with Gasteiger partial charge in [0.15, 0.2) is 5.82 Å². The van der Waals surface area contributed by atoms with Gasteiger partial charge in [-0.15, -0.1) is 0 Å². The van der Waals surface area contributed by atoms with Gasteiger partial charge in [-0.1, -0.05) is 11.6 Å². The van der Waals surface area contributed by atoms with Crippen molar-refractivity contribution in [2.75, 3.05) is 18.6 Å². The summed E-state index contributed by atoms with van der Waals surface area (Å²) in [6.07, 6.45) is 3.77. The molecule has 1 aliphatic heterocycles. The summed E-state index contributed by atoms with van der Waals surface area (Å²) in [6.45, 7) is 0. The van der Waals surface area contributed by atoms with Crippen molar-refractivity contribution in [3.63, 3.8) is 0 Å². The van der Waals surface area contributed by atoms with E-state index in [2.05, 4.69) is 15.5 Å². The van der Waals surface area contributed by atoms with E-state index in [1.807, 2.05) is 18.8 Å². The van der Waals surface area contributed by atoms with Crippen molar-refractivity contribution in [1.82, 2.24) is 15.5 Å². The smallest absolute Gasteiger partial charge is 0.232 e. The van der Waals surface area contributed by atoms with E-state index in [9.17, 15) is 0 Å². The maximum Gasteiger partial charge on any atom is 0.232 e.